The van der Waals surface area contributed by atoms with Gasteiger partial charge in [-0.2, -0.15) is 0 Å². The van der Waals surface area contributed by atoms with Crippen molar-refractivity contribution in [1.82, 2.24) is 4.98 Å². The number of benzene rings is 1. The predicted octanol–water partition coefficient (Wildman–Crippen LogP) is 3.02. The van der Waals surface area contributed by atoms with E-state index in [2.05, 4.69) is 10.3 Å². The molecule has 1 aliphatic carbocycles. The van der Waals surface area contributed by atoms with E-state index in [0.717, 1.165) is 19.3 Å². The highest BCUT2D eigenvalue weighted by molar-refractivity contribution is 6.32. The Morgan fingerprint density at radius 1 is 1.22 bits per heavy atom. The van der Waals surface area contributed by atoms with E-state index in [0.29, 0.717) is 11.3 Å². The molecular formula is C17H15ClN2O3. The Hall–Kier alpha value is -2.40. The first kappa shape index (κ1) is 15.5. The SMILES string of the molecule is O=C(COC(=O)c1ccc2c(c1)CCC2)Nc1cccnc1Cl. The molecule has 0 radical (unpaired) electrons. The number of aromatic nitrogens is 1. The maximum Gasteiger partial charge on any atom is 0.338 e. The Morgan fingerprint density at radius 3 is 2.87 bits per heavy atom. The predicted molar refractivity (Wildman–Crippen MR) is 86.6 cm³/mol. The molecule has 0 unspecified atom stereocenters. The smallest absolute Gasteiger partial charge is 0.338 e. The molecule has 1 N–H and O–H groups in total. The minimum Gasteiger partial charge on any atom is -0.452 e. The van der Waals surface area contributed by atoms with Gasteiger partial charge in [-0.25, -0.2) is 9.78 Å². The van der Waals surface area contributed by atoms with E-state index in [9.17, 15) is 9.59 Å². The van der Waals surface area contributed by atoms with Crippen molar-refractivity contribution < 1.29 is 14.3 Å². The van der Waals surface area contributed by atoms with E-state index >= 15 is 0 Å². The van der Waals surface area contributed by atoms with Crippen LogP contribution in [0.1, 0.15) is 27.9 Å². The first-order chi connectivity index (χ1) is 11.1. The van der Waals surface area contributed by atoms with Gasteiger partial charge in [0.2, 0.25) is 0 Å². The monoisotopic (exact) mass is 330 g/mol. The molecule has 0 aliphatic heterocycles. The summed E-state index contributed by atoms with van der Waals surface area (Å²) < 4.78 is 5.05. The van der Waals surface area contributed by atoms with Gasteiger partial charge in [0, 0.05) is 6.20 Å². The van der Waals surface area contributed by atoms with Crippen molar-refractivity contribution in [2.75, 3.05) is 11.9 Å². The number of ether oxygens (including phenoxy) is 1. The van der Waals surface area contributed by atoms with E-state index in [1.807, 2.05) is 12.1 Å². The van der Waals surface area contributed by atoms with E-state index in [1.165, 1.54) is 17.3 Å². The van der Waals surface area contributed by atoms with Gasteiger partial charge < -0.3 is 10.1 Å². The number of esters is 1. The topological polar surface area (TPSA) is 68.3 Å². The molecule has 118 valence electrons. The summed E-state index contributed by atoms with van der Waals surface area (Å²) in [6, 6.07) is 8.81. The van der Waals surface area contributed by atoms with Crippen molar-refractivity contribution in [2.24, 2.45) is 0 Å². The standard InChI is InChI=1S/C17H15ClN2O3/c18-16-14(5-2-8-19-16)20-15(21)10-23-17(22)13-7-6-11-3-1-4-12(11)9-13/h2,5-9H,1,3-4,10H2,(H,20,21). The Balaban J connectivity index is 1.56. The number of fused-ring (bicyclic) bond motifs is 1. The largest absolute Gasteiger partial charge is 0.452 e. The molecule has 5 nitrogen and oxygen atoms in total. The third kappa shape index (κ3) is 3.68. The number of rotatable bonds is 4. The van der Waals surface area contributed by atoms with Gasteiger partial charge in [0.05, 0.1) is 11.3 Å². The summed E-state index contributed by atoms with van der Waals surface area (Å²) in [5, 5.41) is 2.73. The molecule has 1 amide bonds. The number of hydrogen-bond acceptors (Lipinski definition) is 4. The van der Waals surface area contributed by atoms with Crippen LogP contribution >= 0.6 is 11.6 Å². The number of aryl methyl sites for hydroxylation is 2. The number of carbonyl (C=O) groups is 2. The molecule has 0 spiro atoms. The Kier molecular flexibility index (Phi) is 4.57. The highest BCUT2D eigenvalue weighted by Crippen LogP contribution is 2.23. The van der Waals surface area contributed by atoms with Crippen LogP contribution in [-0.4, -0.2) is 23.5 Å². The summed E-state index contributed by atoms with van der Waals surface area (Å²) in [6.45, 7) is -0.374. The number of hydrogen-bond donors (Lipinski definition) is 1. The fourth-order valence-corrected chi connectivity index (χ4v) is 2.75. The van der Waals surface area contributed by atoms with Crippen LogP contribution in [0.15, 0.2) is 36.5 Å². The lowest BCUT2D eigenvalue weighted by Crippen LogP contribution is -2.21. The molecule has 1 aliphatic rings. The molecule has 0 bridgehead atoms. The summed E-state index contributed by atoms with van der Waals surface area (Å²) in [4.78, 5) is 27.7. The van der Waals surface area contributed by atoms with Gasteiger partial charge in [0.1, 0.15) is 0 Å². The van der Waals surface area contributed by atoms with Gasteiger partial charge in [-0.05, 0) is 54.7 Å². The number of pyridine rings is 1. The maximum atomic E-state index is 12.0. The second-order valence-corrected chi connectivity index (χ2v) is 5.66. The summed E-state index contributed by atoms with van der Waals surface area (Å²) in [5.74, 6) is -0.971. The minimum atomic E-state index is -0.507. The van der Waals surface area contributed by atoms with Crippen molar-refractivity contribution in [3.8, 4) is 0 Å². The number of carbonyl (C=O) groups excluding carboxylic acids is 2. The molecule has 6 heteroatoms. The maximum absolute atomic E-state index is 12.0. The molecule has 1 aromatic heterocycles. The van der Waals surface area contributed by atoms with Crippen molar-refractivity contribution in [3.63, 3.8) is 0 Å². The molecule has 0 saturated carbocycles. The van der Waals surface area contributed by atoms with Crippen LogP contribution in [-0.2, 0) is 22.4 Å². The van der Waals surface area contributed by atoms with Gasteiger partial charge in [-0.3, -0.25) is 4.79 Å². The Bertz CT molecular complexity index is 761. The zero-order valence-electron chi connectivity index (χ0n) is 12.3. The molecule has 0 fully saturated rings. The zero-order chi connectivity index (χ0) is 16.2. The van der Waals surface area contributed by atoms with Crippen LogP contribution in [0.25, 0.3) is 0 Å². The molecule has 1 heterocycles. The van der Waals surface area contributed by atoms with Crippen molar-refractivity contribution in [1.29, 1.82) is 0 Å². The average Bonchev–Trinajstić information content (AvgIpc) is 3.02. The number of anilines is 1. The third-order valence-corrected chi connectivity index (χ3v) is 4.00. The van der Waals surface area contributed by atoms with Crippen molar-refractivity contribution in [3.05, 3.63) is 58.4 Å². The first-order valence-corrected chi connectivity index (χ1v) is 7.70. The molecule has 3 rings (SSSR count). The van der Waals surface area contributed by atoms with Crippen LogP contribution < -0.4 is 5.32 Å². The highest BCUT2D eigenvalue weighted by atomic mass is 35.5. The fraction of sp³-hybridized carbons (Fsp3) is 0.235. The Labute approximate surface area is 138 Å². The summed E-state index contributed by atoms with van der Waals surface area (Å²) in [7, 11) is 0. The van der Waals surface area contributed by atoms with Crippen LogP contribution in [0.2, 0.25) is 5.15 Å². The third-order valence-electron chi connectivity index (χ3n) is 3.70. The van der Waals surface area contributed by atoms with Crippen LogP contribution in [0.5, 0.6) is 0 Å². The second-order valence-electron chi connectivity index (χ2n) is 5.30. The quantitative estimate of drug-likeness (QED) is 0.691. The molecule has 2 aromatic rings. The lowest BCUT2D eigenvalue weighted by Gasteiger charge is -2.08. The normalized spacial score (nSPS) is 12.6. The van der Waals surface area contributed by atoms with Gasteiger partial charge in [0.25, 0.3) is 5.91 Å². The van der Waals surface area contributed by atoms with Crippen molar-refractivity contribution >= 4 is 29.2 Å². The van der Waals surface area contributed by atoms with Crippen LogP contribution in [0.3, 0.4) is 0 Å². The van der Waals surface area contributed by atoms with E-state index in [4.69, 9.17) is 16.3 Å². The molecule has 0 atom stereocenters. The molecule has 0 saturated heterocycles. The fourth-order valence-electron chi connectivity index (χ4n) is 2.58. The lowest BCUT2D eigenvalue weighted by molar-refractivity contribution is -0.119. The number of nitrogens with zero attached hydrogens (tertiary/aromatic N) is 1. The number of nitrogens with one attached hydrogen (secondary N) is 1. The number of halogens is 1. The van der Waals surface area contributed by atoms with Crippen LogP contribution in [0, 0.1) is 0 Å². The van der Waals surface area contributed by atoms with Crippen molar-refractivity contribution in [2.45, 2.75) is 19.3 Å². The summed E-state index contributed by atoms with van der Waals surface area (Å²) in [6.07, 6.45) is 4.67. The van der Waals surface area contributed by atoms with E-state index in [-0.39, 0.29) is 11.8 Å². The lowest BCUT2D eigenvalue weighted by atomic mass is 10.1. The first-order valence-electron chi connectivity index (χ1n) is 7.33. The van der Waals surface area contributed by atoms with E-state index < -0.39 is 11.9 Å². The van der Waals surface area contributed by atoms with Gasteiger partial charge >= 0.3 is 5.97 Å². The van der Waals surface area contributed by atoms with Gasteiger partial charge in [-0.15, -0.1) is 0 Å². The minimum absolute atomic E-state index is 0.186. The molecular weight excluding hydrogens is 316 g/mol. The second kappa shape index (κ2) is 6.79. The summed E-state index contributed by atoms with van der Waals surface area (Å²) >= 11 is 5.85. The van der Waals surface area contributed by atoms with Crippen LogP contribution in [0.4, 0.5) is 5.69 Å². The van der Waals surface area contributed by atoms with Gasteiger partial charge in [0.15, 0.2) is 11.8 Å². The molecule has 23 heavy (non-hydrogen) atoms. The van der Waals surface area contributed by atoms with Gasteiger partial charge in [-0.1, -0.05) is 17.7 Å². The number of amides is 1. The average molecular weight is 331 g/mol. The molecule has 1 aromatic carbocycles. The summed E-state index contributed by atoms with van der Waals surface area (Å²) in [5.41, 5.74) is 3.32. The highest BCUT2D eigenvalue weighted by Gasteiger charge is 2.16. The van der Waals surface area contributed by atoms with E-state index in [1.54, 1.807) is 18.2 Å². The zero-order valence-corrected chi connectivity index (χ0v) is 13.1. The Morgan fingerprint density at radius 2 is 2.04 bits per heavy atom.